The van der Waals surface area contributed by atoms with Gasteiger partial charge in [-0.15, -0.1) is 0 Å². The van der Waals surface area contributed by atoms with Crippen LogP contribution in [0.1, 0.15) is 19.3 Å². The maximum Gasteiger partial charge on any atom is 0.503 e. The van der Waals surface area contributed by atoms with E-state index in [1.165, 1.54) is 0 Å². The molecule has 80 valence electrons. The van der Waals surface area contributed by atoms with Crippen molar-refractivity contribution in [2.45, 2.75) is 19.3 Å². The number of halogens is 1. The van der Waals surface area contributed by atoms with Crippen LogP contribution in [0.4, 0.5) is 9.59 Å². The highest BCUT2D eigenvalue weighted by Gasteiger charge is 1.93. The van der Waals surface area contributed by atoms with E-state index in [2.05, 4.69) is 4.74 Å². The minimum absolute atomic E-state index is 0.310. The lowest BCUT2D eigenvalue weighted by Gasteiger charge is -1.96. The highest BCUT2D eigenvalue weighted by molar-refractivity contribution is 6.61. The van der Waals surface area contributed by atoms with Crippen LogP contribution in [-0.2, 0) is 4.74 Å². The second kappa shape index (κ2) is 11.5. The number of carboxylic acid groups (broad SMARTS) is 2. The average molecular weight is 224 g/mol. The topological polar surface area (TPSA) is 108 Å². The quantitative estimate of drug-likeness (QED) is 0.559. The summed E-state index contributed by atoms with van der Waals surface area (Å²) < 4.78 is 4.41. The minimum Gasteiger partial charge on any atom is -0.454 e. The molecule has 0 radical (unpaired) electrons. The molecule has 0 aliphatic heterocycles. The highest BCUT2D eigenvalue weighted by atomic mass is 35.5. The molecule has 0 saturated carbocycles. The Morgan fingerprint density at radius 1 is 1.36 bits per heavy atom. The zero-order valence-electron chi connectivity index (χ0n) is 7.27. The Morgan fingerprint density at radius 3 is 2.21 bits per heavy atom. The number of hydrogen-bond donors (Lipinski definition) is 2. The molecule has 0 bridgehead atoms. The van der Waals surface area contributed by atoms with Crippen molar-refractivity contribution in [3.05, 3.63) is 0 Å². The molecule has 0 unspecified atom stereocenters. The molecular weight excluding hydrogens is 214 g/mol. The smallest absolute Gasteiger partial charge is 0.454 e. The van der Waals surface area contributed by atoms with Gasteiger partial charge in [-0.1, -0.05) is 0 Å². The molecule has 0 rings (SSSR count). The van der Waals surface area contributed by atoms with E-state index in [9.17, 15) is 4.79 Å². The first-order valence-corrected chi connectivity index (χ1v) is 3.99. The first kappa shape index (κ1) is 15.0. The Morgan fingerprint density at radius 2 is 1.86 bits per heavy atom. The van der Waals surface area contributed by atoms with Crippen LogP contribution in [0.3, 0.4) is 0 Å². The molecule has 0 spiro atoms. The Labute approximate surface area is 85.7 Å². The van der Waals surface area contributed by atoms with Crippen molar-refractivity contribution in [2.24, 2.45) is 0 Å². The molecule has 0 aliphatic rings. The summed E-state index contributed by atoms with van der Waals surface area (Å²) in [5, 5.41) is 22.0. The number of hydrogen-bond acceptors (Lipinski definition) is 4. The monoisotopic (exact) mass is 223 g/mol. The predicted octanol–water partition coefficient (Wildman–Crippen LogP) is 2.28. The molecule has 2 N–H and O–H groups in total. The van der Waals surface area contributed by atoms with Crippen LogP contribution in [-0.4, -0.2) is 28.4 Å². The van der Waals surface area contributed by atoms with Crippen LogP contribution in [0.15, 0.2) is 0 Å². The largest absolute Gasteiger partial charge is 0.503 e. The van der Waals surface area contributed by atoms with Crippen LogP contribution in [0.5, 0.6) is 0 Å². The molecule has 7 heteroatoms. The normalized spacial score (nSPS) is 7.71. The molecule has 0 aromatic heterocycles. The average Bonchev–Trinajstić information content (AvgIpc) is 2.02. The Hall–Kier alpha value is -1.48. The number of carbonyl (C=O) groups is 2. The van der Waals surface area contributed by atoms with Gasteiger partial charge < -0.3 is 14.9 Å². The van der Waals surface area contributed by atoms with Gasteiger partial charge in [0.2, 0.25) is 0 Å². The Kier molecular flexibility index (Phi) is 12.4. The molecule has 0 fully saturated rings. The fraction of sp³-hybridized carbons (Fsp3) is 0.571. The Balaban J connectivity index is 0. The lowest BCUT2D eigenvalue weighted by molar-refractivity contribution is 0.137. The van der Waals surface area contributed by atoms with Gasteiger partial charge in [0.05, 0.1) is 12.7 Å². The molecule has 0 aromatic rings. The molecule has 0 heterocycles. The van der Waals surface area contributed by atoms with Crippen LogP contribution >= 0.6 is 11.6 Å². The molecule has 14 heavy (non-hydrogen) atoms. The molecule has 0 saturated heterocycles. The van der Waals surface area contributed by atoms with Gasteiger partial charge in [-0.25, -0.2) is 9.59 Å². The summed E-state index contributed by atoms with van der Waals surface area (Å²) in [7, 11) is 0. The van der Waals surface area contributed by atoms with Gasteiger partial charge in [0, 0.05) is 18.0 Å². The summed E-state index contributed by atoms with van der Waals surface area (Å²) >= 11 is 4.86. The van der Waals surface area contributed by atoms with Crippen molar-refractivity contribution in [1.29, 1.82) is 5.26 Å². The number of carbonyl (C=O) groups excluding carboxylic acids is 1. The zero-order chi connectivity index (χ0) is 11.4. The summed E-state index contributed by atoms with van der Waals surface area (Å²) in [6, 6.07) is 1.98. The lowest BCUT2D eigenvalue weighted by Crippen LogP contribution is -1.95. The zero-order valence-corrected chi connectivity index (χ0v) is 8.03. The third kappa shape index (κ3) is 31.3. The number of nitriles is 1. The first-order valence-electron chi connectivity index (χ1n) is 3.61. The maximum atomic E-state index is 9.95. The lowest BCUT2D eigenvalue weighted by atomic mass is 10.3. The maximum absolute atomic E-state index is 9.95. The molecule has 0 aromatic carbocycles. The number of nitrogens with zero attached hydrogens (tertiary/aromatic N) is 1. The second-order valence-corrected chi connectivity index (χ2v) is 2.29. The molecule has 6 nitrogen and oxygen atoms in total. The van der Waals surface area contributed by atoms with Crippen LogP contribution in [0, 0.1) is 11.3 Å². The van der Waals surface area contributed by atoms with E-state index >= 15 is 0 Å². The van der Waals surface area contributed by atoms with E-state index in [1.807, 2.05) is 6.07 Å². The van der Waals surface area contributed by atoms with E-state index in [-0.39, 0.29) is 0 Å². The number of rotatable bonds is 4. The summed E-state index contributed by atoms with van der Waals surface area (Å²) in [4.78, 5) is 18.5. The van der Waals surface area contributed by atoms with Crippen LogP contribution in [0.25, 0.3) is 0 Å². The van der Waals surface area contributed by atoms with Gasteiger partial charge in [-0.05, 0) is 12.8 Å². The van der Waals surface area contributed by atoms with Gasteiger partial charge >= 0.3 is 11.6 Å². The van der Waals surface area contributed by atoms with E-state index in [1.54, 1.807) is 0 Å². The van der Waals surface area contributed by atoms with Gasteiger partial charge in [0.25, 0.3) is 0 Å². The fourth-order valence-electron chi connectivity index (χ4n) is 0.459. The second-order valence-electron chi connectivity index (χ2n) is 1.98. The fourth-order valence-corrected chi connectivity index (χ4v) is 0.536. The molecule has 0 atom stereocenters. The van der Waals surface area contributed by atoms with Crippen molar-refractivity contribution in [1.82, 2.24) is 0 Å². The first-order chi connectivity index (χ1) is 6.50. The van der Waals surface area contributed by atoms with Crippen molar-refractivity contribution in [3.8, 4) is 6.07 Å². The summed E-state index contributed by atoms with van der Waals surface area (Å²) in [5.41, 5.74) is -0.781. The van der Waals surface area contributed by atoms with Gasteiger partial charge in [0.1, 0.15) is 0 Å². The molecule has 0 amide bonds. The van der Waals surface area contributed by atoms with Crippen LogP contribution < -0.4 is 0 Å². The van der Waals surface area contributed by atoms with Gasteiger partial charge in [-0.3, -0.25) is 0 Å². The van der Waals surface area contributed by atoms with Crippen LogP contribution in [0.2, 0.25) is 0 Å². The number of ether oxygens (including phenoxy) is 1. The van der Waals surface area contributed by atoms with Crippen molar-refractivity contribution in [3.63, 3.8) is 0 Å². The van der Waals surface area contributed by atoms with E-state index < -0.39 is 11.6 Å². The van der Waals surface area contributed by atoms with E-state index in [0.29, 0.717) is 19.4 Å². The highest BCUT2D eigenvalue weighted by Crippen LogP contribution is 1.95. The van der Waals surface area contributed by atoms with E-state index in [4.69, 9.17) is 31.9 Å². The van der Waals surface area contributed by atoms with Crippen molar-refractivity contribution in [2.75, 3.05) is 6.61 Å². The molecule has 0 aliphatic carbocycles. The van der Waals surface area contributed by atoms with Gasteiger partial charge in [-0.2, -0.15) is 5.26 Å². The third-order valence-electron chi connectivity index (χ3n) is 0.898. The van der Waals surface area contributed by atoms with Crippen molar-refractivity contribution < 1.29 is 24.5 Å². The van der Waals surface area contributed by atoms with Crippen molar-refractivity contribution >= 4 is 23.2 Å². The standard InChI is InChI=1S/C6H8ClNO2.CH2O3/c7-6(9)10-5-3-1-2-4-8;2-1(3)4/h1-3,5H2;(H2,2,3,4). The molecular formula is C7H10ClNO5. The third-order valence-corrected chi connectivity index (χ3v) is 1.01. The van der Waals surface area contributed by atoms with E-state index in [0.717, 1.165) is 6.42 Å². The summed E-state index contributed by atoms with van der Waals surface area (Å²) in [5.74, 6) is 0. The minimum atomic E-state index is -1.83. The predicted molar refractivity (Wildman–Crippen MR) is 47.3 cm³/mol. The summed E-state index contributed by atoms with van der Waals surface area (Å²) in [6.45, 7) is 0.310. The summed E-state index contributed by atoms with van der Waals surface area (Å²) in [6.07, 6.45) is 0.118. The number of unbranched alkanes of at least 4 members (excludes halogenated alkanes) is 2. The Bertz CT molecular complexity index is 209. The van der Waals surface area contributed by atoms with Gasteiger partial charge in [0.15, 0.2) is 0 Å². The SMILES string of the molecule is N#CCCCCOC(=O)Cl.O=C(O)O.